The van der Waals surface area contributed by atoms with E-state index < -0.39 is 12.1 Å². The first-order valence-electron chi connectivity index (χ1n) is 9.79. The summed E-state index contributed by atoms with van der Waals surface area (Å²) in [6.45, 7) is 2.08. The molecule has 2 aromatic rings. The van der Waals surface area contributed by atoms with Crippen LogP contribution in [0.4, 0.5) is 5.69 Å². The van der Waals surface area contributed by atoms with Crippen molar-refractivity contribution in [2.45, 2.75) is 38.3 Å². The number of carbonyl (C=O) groups is 3. The highest BCUT2D eigenvalue weighted by atomic mass is 35.5. The van der Waals surface area contributed by atoms with E-state index in [-0.39, 0.29) is 17.7 Å². The molecule has 6 nitrogen and oxygen atoms in total. The van der Waals surface area contributed by atoms with E-state index in [2.05, 4.69) is 10.6 Å². The van der Waals surface area contributed by atoms with Crippen molar-refractivity contribution in [1.82, 2.24) is 10.2 Å². The summed E-state index contributed by atoms with van der Waals surface area (Å²) in [7, 11) is 0. The summed E-state index contributed by atoms with van der Waals surface area (Å²) in [5.74, 6) is -0.933. The van der Waals surface area contributed by atoms with Gasteiger partial charge in [0.1, 0.15) is 12.1 Å². The van der Waals surface area contributed by atoms with Crippen molar-refractivity contribution < 1.29 is 14.4 Å². The Kier molecular flexibility index (Phi) is 7.34. The molecule has 1 heterocycles. The molecule has 1 saturated heterocycles. The molecule has 0 bridgehead atoms. The third-order valence-electron chi connectivity index (χ3n) is 5.03. The van der Waals surface area contributed by atoms with E-state index >= 15 is 0 Å². The number of anilines is 1. The molecule has 2 unspecified atom stereocenters. The van der Waals surface area contributed by atoms with Gasteiger partial charge in [-0.3, -0.25) is 14.4 Å². The van der Waals surface area contributed by atoms with E-state index in [9.17, 15) is 14.4 Å². The van der Waals surface area contributed by atoms with Gasteiger partial charge in [-0.2, -0.15) is 0 Å². The Morgan fingerprint density at radius 2 is 1.80 bits per heavy atom. The predicted molar refractivity (Wildman–Crippen MR) is 118 cm³/mol. The maximum absolute atomic E-state index is 13.0. The zero-order chi connectivity index (χ0) is 21.7. The number of carbonyl (C=O) groups excluding carboxylic acids is 3. The van der Waals surface area contributed by atoms with Crippen molar-refractivity contribution >= 4 is 46.6 Å². The number of halogens is 2. The zero-order valence-electron chi connectivity index (χ0n) is 16.5. The van der Waals surface area contributed by atoms with E-state index in [1.807, 2.05) is 6.07 Å². The number of piperidine rings is 1. The highest BCUT2D eigenvalue weighted by molar-refractivity contribution is 6.36. The highest BCUT2D eigenvalue weighted by Crippen LogP contribution is 2.27. The Bertz CT molecular complexity index is 936. The number of nitrogens with zero attached hydrogens (tertiary/aromatic N) is 1. The third-order valence-corrected chi connectivity index (χ3v) is 5.58. The van der Waals surface area contributed by atoms with Crippen molar-refractivity contribution in [2.24, 2.45) is 0 Å². The normalized spacial score (nSPS) is 17.2. The molecule has 2 N–H and O–H groups in total. The molecule has 0 aromatic heterocycles. The smallest absolute Gasteiger partial charge is 0.251 e. The van der Waals surface area contributed by atoms with Crippen LogP contribution in [-0.2, 0) is 9.59 Å². The van der Waals surface area contributed by atoms with Crippen molar-refractivity contribution in [3.8, 4) is 0 Å². The van der Waals surface area contributed by atoms with E-state index in [0.29, 0.717) is 34.3 Å². The number of nitrogens with one attached hydrogen (secondary N) is 2. The summed E-state index contributed by atoms with van der Waals surface area (Å²) in [6.07, 6.45) is 2.18. The lowest BCUT2D eigenvalue weighted by Gasteiger charge is -2.36. The maximum atomic E-state index is 13.0. The molecule has 3 amide bonds. The summed E-state index contributed by atoms with van der Waals surface area (Å²) >= 11 is 12.1. The summed E-state index contributed by atoms with van der Waals surface area (Å²) in [6, 6.07) is 12.1. The minimum Gasteiger partial charge on any atom is -0.341 e. The van der Waals surface area contributed by atoms with Gasteiger partial charge in [-0.15, -0.1) is 0 Å². The van der Waals surface area contributed by atoms with Crippen LogP contribution in [0.15, 0.2) is 48.5 Å². The average molecular weight is 448 g/mol. The van der Waals surface area contributed by atoms with Gasteiger partial charge < -0.3 is 15.5 Å². The van der Waals surface area contributed by atoms with Crippen LogP contribution >= 0.6 is 23.2 Å². The van der Waals surface area contributed by atoms with Crippen molar-refractivity contribution in [3.05, 3.63) is 64.1 Å². The Labute approximate surface area is 185 Å². The van der Waals surface area contributed by atoms with Crippen LogP contribution in [0.2, 0.25) is 10.0 Å². The second kappa shape index (κ2) is 9.96. The average Bonchev–Trinajstić information content (AvgIpc) is 2.75. The van der Waals surface area contributed by atoms with Crippen LogP contribution in [0.1, 0.15) is 36.5 Å². The molecule has 3 rings (SSSR count). The van der Waals surface area contributed by atoms with E-state index in [1.54, 1.807) is 54.3 Å². The molecule has 30 heavy (non-hydrogen) atoms. The van der Waals surface area contributed by atoms with Gasteiger partial charge in [0.05, 0.1) is 10.7 Å². The van der Waals surface area contributed by atoms with Crippen LogP contribution in [-0.4, -0.2) is 41.2 Å². The molecule has 0 radical (unpaired) electrons. The summed E-state index contributed by atoms with van der Waals surface area (Å²) < 4.78 is 0. The Morgan fingerprint density at radius 3 is 2.50 bits per heavy atom. The van der Waals surface area contributed by atoms with Gasteiger partial charge >= 0.3 is 0 Å². The first kappa shape index (κ1) is 22.1. The van der Waals surface area contributed by atoms with Crippen LogP contribution < -0.4 is 10.6 Å². The monoisotopic (exact) mass is 447 g/mol. The van der Waals surface area contributed by atoms with Gasteiger partial charge in [0.15, 0.2) is 0 Å². The number of hydrogen-bond acceptors (Lipinski definition) is 3. The van der Waals surface area contributed by atoms with E-state index in [4.69, 9.17) is 23.2 Å². The Morgan fingerprint density at radius 1 is 1.07 bits per heavy atom. The first-order valence-corrected chi connectivity index (χ1v) is 10.5. The van der Waals surface area contributed by atoms with Crippen LogP contribution in [0.5, 0.6) is 0 Å². The van der Waals surface area contributed by atoms with Gasteiger partial charge in [-0.25, -0.2) is 0 Å². The molecule has 2 atom stereocenters. The summed E-state index contributed by atoms with van der Waals surface area (Å²) in [5, 5.41) is 6.30. The minimum atomic E-state index is -0.759. The molecule has 1 aliphatic heterocycles. The quantitative estimate of drug-likeness (QED) is 0.722. The standard InChI is InChI=1S/C22H23Cl2N3O3/c1-14(25-20(28)15-7-3-2-4-8-15)22(30)27-12-6-5-9-19(27)21(29)26-18-11-10-16(23)13-17(18)24/h2-4,7-8,10-11,13-14,19H,5-6,9,12H2,1H3,(H,25,28)(H,26,29). The lowest BCUT2D eigenvalue weighted by Crippen LogP contribution is -2.55. The fourth-order valence-corrected chi connectivity index (χ4v) is 3.91. The van der Waals surface area contributed by atoms with Crippen LogP contribution in [0.25, 0.3) is 0 Å². The summed E-state index contributed by atoms with van der Waals surface area (Å²) in [5.41, 5.74) is 0.914. The van der Waals surface area contributed by atoms with Crippen LogP contribution in [0.3, 0.4) is 0 Å². The van der Waals surface area contributed by atoms with Gasteiger partial charge in [0.2, 0.25) is 11.8 Å². The molecule has 1 aliphatic rings. The molecule has 0 saturated carbocycles. The molecule has 8 heteroatoms. The number of likely N-dealkylation sites (tertiary alicyclic amines) is 1. The fraction of sp³-hybridized carbons (Fsp3) is 0.318. The topological polar surface area (TPSA) is 78.5 Å². The molecule has 2 aromatic carbocycles. The van der Waals surface area contributed by atoms with Gasteiger partial charge in [0.25, 0.3) is 5.91 Å². The van der Waals surface area contributed by atoms with Crippen molar-refractivity contribution in [1.29, 1.82) is 0 Å². The number of amides is 3. The second-order valence-corrected chi connectivity index (χ2v) is 8.06. The largest absolute Gasteiger partial charge is 0.341 e. The SMILES string of the molecule is CC(NC(=O)c1ccccc1)C(=O)N1CCCCC1C(=O)Nc1ccc(Cl)cc1Cl. The molecule has 0 aliphatic carbocycles. The Balaban J connectivity index is 1.68. The minimum absolute atomic E-state index is 0.290. The van der Waals surface area contributed by atoms with Crippen molar-refractivity contribution in [2.75, 3.05) is 11.9 Å². The first-order chi connectivity index (χ1) is 14.4. The van der Waals surface area contributed by atoms with E-state index in [0.717, 1.165) is 12.8 Å². The van der Waals surface area contributed by atoms with Gasteiger partial charge in [-0.1, -0.05) is 41.4 Å². The lowest BCUT2D eigenvalue weighted by molar-refractivity contribution is -0.141. The third kappa shape index (κ3) is 5.32. The van der Waals surface area contributed by atoms with Crippen LogP contribution in [0, 0.1) is 0 Å². The fourth-order valence-electron chi connectivity index (χ4n) is 3.45. The lowest BCUT2D eigenvalue weighted by atomic mass is 10.00. The van der Waals surface area contributed by atoms with Gasteiger partial charge in [0, 0.05) is 17.1 Å². The zero-order valence-corrected chi connectivity index (χ0v) is 18.0. The number of hydrogen-bond donors (Lipinski definition) is 2. The summed E-state index contributed by atoms with van der Waals surface area (Å²) in [4.78, 5) is 39.9. The molecular formula is C22H23Cl2N3O3. The number of rotatable bonds is 5. The van der Waals surface area contributed by atoms with Crippen molar-refractivity contribution in [3.63, 3.8) is 0 Å². The second-order valence-electron chi connectivity index (χ2n) is 7.22. The Hall–Kier alpha value is -2.57. The molecular weight excluding hydrogens is 425 g/mol. The molecule has 158 valence electrons. The highest BCUT2D eigenvalue weighted by Gasteiger charge is 2.34. The number of benzene rings is 2. The molecule has 0 spiro atoms. The van der Waals surface area contributed by atoms with E-state index in [1.165, 1.54) is 0 Å². The maximum Gasteiger partial charge on any atom is 0.251 e. The predicted octanol–water partition coefficient (Wildman–Crippen LogP) is 4.13. The van der Waals surface area contributed by atoms with Gasteiger partial charge in [-0.05, 0) is 56.5 Å². The molecule has 1 fully saturated rings.